The van der Waals surface area contributed by atoms with Crippen LogP contribution in [0, 0.1) is 3.57 Å². The highest BCUT2D eigenvalue weighted by Crippen LogP contribution is 2.20. The van der Waals surface area contributed by atoms with Crippen LogP contribution in [-0.4, -0.2) is 31.9 Å². The molecule has 7 heteroatoms. The Hall–Kier alpha value is -0.150. The summed E-state index contributed by atoms with van der Waals surface area (Å²) in [5.74, 6) is 0.0412. The zero-order valence-corrected chi connectivity index (χ0v) is 14.6. The number of carbonyl (C=O) groups is 1. The summed E-state index contributed by atoms with van der Waals surface area (Å²) < 4.78 is 24.7. The fourth-order valence-corrected chi connectivity index (χ4v) is 4.63. The van der Waals surface area contributed by atoms with Crippen molar-refractivity contribution in [3.63, 3.8) is 0 Å². The number of benzene rings is 1. The van der Waals surface area contributed by atoms with Crippen molar-refractivity contribution in [3.8, 4) is 0 Å². The molecule has 1 atom stereocenters. The first-order chi connectivity index (χ1) is 8.87. The smallest absolute Gasteiger partial charge is 0.252 e. The quantitative estimate of drug-likeness (QED) is 0.693. The molecule has 1 amide bonds. The number of carbonyl (C=O) groups excluding carboxylic acids is 1. The SMILES string of the molecule is O=C(NC1CCCS(=O)(=O)C1)c1cc(I)ccc1Br. The second kappa shape index (κ2) is 6.09. The van der Waals surface area contributed by atoms with Gasteiger partial charge in [0.05, 0.1) is 17.1 Å². The summed E-state index contributed by atoms with van der Waals surface area (Å²) in [6, 6.07) is 5.20. The minimum atomic E-state index is -3.01. The van der Waals surface area contributed by atoms with Crippen molar-refractivity contribution in [2.75, 3.05) is 11.5 Å². The summed E-state index contributed by atoms with van der Waals surface area (Å²) in [6.07, 6.45) is 1.33. The zero-order valence-electron chi connectivity index (χ0n) is 10.0. The molecule has 0 saturated carbocycles. The standard InChI is InChI=1S/C12H13BrINO3S/c13-11-4-3-8(14)6-10(11)12(16)15-9-2-1-5-19(17,18)7-9/h3-4,6,9H,1-2,5,7H2,(H,15,16). The minimum absolute atomic E-state index is 0.0419. The van der Waals surface area contributed by atoms with Gasteiger partial charge in [-0.25, -0.2) is 8.42 Å². The maximum Gasteiger partial charge on any atom is 0.252 e. The summed E-state index contributed by atoms with van der Waals surface area (Å²) >= 11 is 5.47. The van der Waals surface area contributed by atoms with E-state index in [9.17, 15) is 13.2 Å². The van der Waals surface area contributed by atoms with Gasteiger partial charge in [0.1, 0.15) is 0 Å². The monoisotopic (exact) mass is 457 g/mol. The molecular weight excluding hydrogens is 445 g/mol. The van der Waals surface area contributed by atoms with E-state index >= 15 is 0 Å². The van der Waals surface area contributed by atoms with E-state index in [4.69, 9.17) is 0 Å². The summed E-state index contributed by atoms with van der Waals surface area (Å²) in [5, 5.41) is 2.81. The molecule has 104 valence electrons. The second-order valence-electron chi connectivity index (χ2n) is 4.55. The van der Waals surface area contributed by atoms with Crippen molar-refractivity contribution >= 4 is 54.3 Å². The molecule has 1 saturated heterocycles. The van der Waals surface area contributed by atoms with E-state index in [1.807, 2.05) is 12.1 Å². The molecule has 1 aromatic rings. The second-order valence-corrected chi connectivity index (χ2v) is 8.88. The average Bonchev–Trinajstić information content (AvgIpc) is 2.31. The number of hydrogen-bond donors (Lipinski definition) is 1. The van der Waals surface area contributed by atoms with Crippen LogP contribution >= 0.6 is 38.5 Å². The van der Waals surface area contributed by atoms with Crippen molar-refractivity contribution in [3.05, 3.63) is 31.8 Å². The first kappa shape index (κ1) is 15.2. The fourth-order valence-electron chi connectivity index (χ4n) is 2.07. The first-order valence-electron chi connectivity index (χ1n) is 5.84. The van der Waals surface area contributed by atoms with Gasteiger partial charge in [-0.3, -0.25) is 4.79 Å². The van der Waals surface area contributed by atoms with Crippen LogP contribution in [0.2, 0.25) is 0 Å². The molecule has 4 nitrogen and oxygen atoms in total. The van der Waals surface area contributed by atoms with Crippen LogP contribution in [0.15, 0.2) is 22.7 Å². The number of sulfone groups is 1. The van der Waals surface area contributed by atoms with Crippen LogP contribution in [0.4, 0.5) is 0 Å². The lowest BCUT2D eigenvalue weighted by Crippen LogP contribution is -2.43. The topological polar surface area (TPSA) is 63.2 Å². The molecule has 1 unspecified atom stereocenters. The molecule has 1 aromatic carbocycles. The van der Waals surface area contributed by atoms with Gasteiger partial charge >= 0.3 is 0 Å². The van der Waals surface area contributed by atoms with Gasteiger partial charge in [0.15, 0.2) is 9.84 Å². The normalized spacial score (nSPS) is 21.9. The molecule has 1 aliphatic heterocycles. The summed E-state index contributed by atoms with van der Waals surface area (Å²) in [4.78, 5) is 12.2. The highest BCUT2D eigenvalue weighted by Gasteiger charge is 2.26. The Kier molecular flexibility index (Phi) is 4.88. The number of amides is 1. The highest BCUT2D eigenvalue weighted by atomic mass is 127. The first-order valence-corrected chi connectivity index (χ1v) is 9.53. The molecule has 0 bridgehead atoms. The van der Waals surface area contributed by atoms with Gasteiger partial charge < -0.3 is 5.32 Å². The Balaban J connectivity index is 2.11. The van der Waals surface area contributed by atoms with Crippen molar-refractivity contribution < 1.29 is 13.2 Å². The maximum atomic E-state index is 12.2. The van der Waals surface area contributed by atoms with E-state index in [0.29, 0.717) is 22.9 Å². The zero-order chi connectivity index (χ0) is 14.0. The third-order valence-corrected chi connectivity index (χ3v) is 6.15. The third-order valence-electron chi connectivity index (χ3n) is 2.97. The fraction of sp³-hybridized carbons (Fsp3) is 0.417. The highest BCUT2D eigenvalue weighted by molar-refractivity contribution is 14.1. The number of rotatable bonds is 2. The van der Waals surface area contributed by atoms with Crippen molar-refractivity contribution in [1.82, 2.24) is 5.32 Å². The van der Waals surface area contributed by atoms with Gasteiger partial charge in [-0.15, -0.1) is 0 Å². The van der Waals surface area contributed by atoms with Gasteiger partial charge in [0.2, 0.25) is 0 Å². The molecule has 0 spiro atoms. The lowest BCUT2D eigenvalue weighted by Gasteiger charge is -2.23. The molecule has 1 heterocycles. The van der Waals surface area contributed by atoms with E-state index in [2.05, 4.69) is 43.8 Å². The minimum Gasteiger partial charge on any atom is -0.348 e. The predicted octanol–water partition coefficient (Wildman–Crippen LogP) is 2.36. The van der Waals surface area contributed by atoms with Crippen LogP contribution in [-0.2, 0) is 9.84 Å². The van der Waals surface area contributed by atoms with Crippen molar-refractivity contribution in [2.24, 2.45) is 0 Å². The largest absolute Gasteiger partial charge is 0.348 e. The van der Waals surface area contributed by atoms with Crippen molar-refractivity contribution in [1.29, 1.82) is 0 Å². The molecule has 0 radical (unpaired) electrons. The van der Waals surface area contributed by atoms with E-state index in [-0.39, 0.29) is 23.5 Å². The van der Waals surface area contributed by atoms with Crippen LogP contribution in [0.5, 0.6) is 0 Å². The Morgan fingerprint density at radius 3 is 2.84 bits per heavy atom. The molecule has 0 aliphatic carbocycles. The Bertz CT molecular complexity index is 603. The molecule has 1 aliphatic rings. The van der Waals surface area contributed by atoms with Crippen LogP contribution in [0.1, 0.15) is 23.2 Å². The van der Waals surface area contributed by atoms with Gasteiger partial charge in [-0.05, 0) is 69.6 Å². The number of halogens is 2. The van der Waals surface area contributed by atoms with Gasteiger partial charge in [-0.1, -0.05) is 0 Å². The van der Waals surface area contributed by atoms with Gasteiger partial charge in [0.25, 0.3) is 5.91 Å². The van der Waals surface area contributed by atoms with Gasteiger partial charge in [-0.2, -0.15) is 0 Å². The van der Waals surface area contributed by atoms with E-state index < -0.39 is 9.84 Å². The summed E-state index contributed by atoms with van der Waals surface area (Å²) in [6.45, 7) is 0. The summed E-state index contributed by atoms with van der Waals surface area (Å²) in [7, 11) is -3.01. The lowest BCUT2D eigenvalue weighted by molar-refractivity contribution is 0.0937. The molecule has 1 fully saturated rings. The van der Waals surface area contributed by atoms with E-state index in [1.165, 1.54) is 0 Å². The van der Waals surface area contributed by atoms with E-state index in [0.717, 1.165) is 3.57 Å². The van der Waals surface area contributed by atoms with Crippen LogP contribution in [0.25, 0.3) is 0 Å². The predicted molar refractivity (Wildman–Crippen MR) is 86.0 cm³/mol. The molecular formula is C12H13BrINO3S. The third kappa shape index (κ3) is 4.16. The number of hydrogen-bond acceptors (Lipinski definition) is 3. The summed E-state index contributed by atoms with van der Waals surface area (Å²) in [5.41, 5.74) is 0.537. The van der Waals surface area contributed by atoms with Crippen molar-refractivity contribution in [2.45, 2.75) is 18.9 Å². The lowest BCUT2D eigenvalue weighted by atomic mass is 10.1. The van der Waals surface area contributed by atoms with E-state index in [1.54, 1.807) is 6.07 Å². The van der Waals surface area contributed by atoms with Gasteiger partial charge in [0, 0.05) is 14.1 Å². The Morgan fingerprint density at radius 2 is 2.16 bits per heavy atom. The van der Waals surface area contributed by atoms with Crippen LogP contribution in [0.3, 0.4) is 0 Å². The average molecular weight is 458 g/mol. The van der Waals surface area contributed by atoms with Crippen LogP contribution < -0.4 is 5.32 Å². The maximum absolute atomic E-state index is 12.2. The molecule has 1 N–H and O–H groups in total. The Morgan fingerprint density at radius 1 is 1.42 bits per heavy atom. The number of nitrogens with one attached hydrogen (secondary N) is 1. The molecule has 2 rings (SSSR count). The Labute approximate surface area is 134 Å². The molecule has 19 heavy (non-hydrogen) atoms. The molecule has 0 aromatic heterocycles.